The second-order valence-corrected chi connectivity index (χ2v) is 6.33. The fourth-order valence-corrected chi connectivity index (χ4v) is 3.71. The molecule has 1 aliphatic heterocycles. The summed E-state index contributed by atoms with van der Waals surface area (Å²) in [6, 6.07) is 8.58. The third-order valence-electron chi connectivity index (χ3n) is 4.91. The van der Waals surface area contributed by atoms with E-state index in [4.69, 9.17) is 5.73 Å². The van der Waals surface area contributed by atoms with Gasteiger partial charge in [-0.2, -0.15) is 0 Å². The quantitative estimate of drug-likeness (QED) is 0.889. The van der Waals surface area contributed by atoms with E-state index in [0.29, 0.717) is 6.54 Å². The highest BCUT2D eigenvalue weighted by Crippen LogP contribution is 2.33. The van der Waals surface area contributed by atoms with E-state index in [1.54, 1.807) is 0 Å². The molecule has 1 aliphatic carbocycles. The standard InChI is InChI=1S/C17H25N3O/c1-19-9-10-20(14(11-18)12-19)17(21)16-8-4-6-13-5-2-3-7-15(13)16/h2-3,5,7,14,16H,4,6,8-12,18H2,1H3. The van der Waals surface area contributed by atoms with Crippen LogP contribution in [-0.2, 0) is 11.2 Å². The minimum absolute atomic E-state index is 0.0346. The third-order valence-corrected chi connectivity index (χ3v) is 4.91. The highest BCUT2D eigenvalue weighted by molar-refractivity contribution is 5.85. The zero-order valence-electron chi connectivity index (χ0n) is 12.8. The second kappa shape index (κ2) is 6.16. The number of piperazine rings is 1. The van der Waals surface area contributed by atoms with Crippen molar-refractivity contribution in [3.63, 3.8) is 0 Å². The largest absolute Gasteiger partial charge is 0.335 e. The molecule has 0 spiro atoms. The lowest BCUT2D eigenvalue weighted by molar-refractivity contribution is -0.137. The van der Waals surface area contributed by atoms with Crippen molar-refractivity contribution in [2.45, 2.75) is 31.2 Å². The lowest BCUT2D eigenvalue weighted by Crippen LogP contribution is -2.57. The number of likely N-dealkylation sites (N-methyl/N-ethyl adjacent to an activating group) is 1. The van der Waals surface area contributed by atoms with Gasteiger partial charge in [-0.1, -0.05) is 24.3 Å². The molecule has 114 valence electrons. The Hall–Kier alpha value is -1.39. The predicted octanol–water partition coefficient (Wildman–Crippen LogP) is 1.21. The summed E-state index contributed by atoms with van der Waals surface area (Å²) in [5.41, 5.74) is 8.48. The van der Waals surface area contributed by atoms with Crippen molar-refractivity contribution in [3.8, 4) is 0 Å². The van der Waals surface area contributed by atoms with Gasteiger partial charge in [0.15, 0.2) is 0 Å². The zero-order valence-corrected chi connectivity index (χ0v) is 12.8. The van der Waals surface area contributed by atoms with Crippen LogP contribution >= 0.6 is 0 Å². The van der Waals surface area contributed by atoms with Crippen LogP contribution in [0.25, 0.3) is 0 Å². The molecule has 1 amide bonds. The monoisotopic (exact) mass is 287 g/mol. The van der Waals surface area contributed by atoms with Crippen LogP contribution in [0.4, 0.5) is 0 Å². The molecule has 1 fully saturated rings. The van der Waals surface area contributed by atoms with Gasteiger partial charge in [0.2, 0.25) is 5.91 Å². The topological polar surface area (TPSA) is 49.6 Å². The van der Waals surface area contributed by atoms with Crippen LogP contribution in [0.15, 0.2) is 24.3 Å². The molecular weight excluding hydrogens is 262 g/mol. The molecule has 0 radical (unpaired) electrons. The number of nitrogens with zero attached hydrogens (tertiary/aromatic N) is 2. The van der Waals surface area contributed by atoms with Gasteiger partial charge in [-0.3, -0.25) is 4.79 Å². The molecule has 2 N–H and O–H groups in total. The smallest absolute Gasteiger partial charge is 0.230 e. The molecule has 2 aliphatic rings. The predicted molar refractivity (Wildman–Crippen MR) is 84.2 cm³/mol. The minimum atomic E-state index is 0.0346. The van der Waals surface area contributed by atoms with E-state index in [1.807, 2.05) is 4.90 Å². The molecule has 0 saturated carbocycles. The van der Waals surface area contributed by atoms with E-state index in [-0.39, 0.29) is 17.9 Å². The Morgan fingerprint density at radius 1 is 1.33 bits per heavy atom. The normalized spacial score (nSPS) is 26.5. The van der Waals surface area contributed by atoms with Crippen molar-refractivity contribution in [1.29, 1.82) is 0 Å². The molecule has 1 heterocycles. The first-order chi connectivity index (χ1) is 10.2. The molecule has 3 rings (SSSR count). The molecule has 1 aromatic carbocycles. The molecule has 4 nitrogen and oxygen atoms in total. The highest BCUT2D eigenvalue weighted by Gasteiger charge is 2.34. The van der Waals surface area contributed by atoms with E-state index in [0.717, 1.165) is 38.9 Å². The van der Waals surface area contributed by atoms with E-state index < -0.39 is 0 Å². The molecule has 2 atom stereocenters. The van der Waals surface area contributed by atoms with Crippen LogP contribution in [0.1, 0.15) is 29.9 Å². The Morgan fingerprint density at radius 2 is 2.14 bits per heavy atom. The molecule has 0 aromatic heterocycles. The number of aryl methyl sites for hydroxylation is 1. The average molecular weight is 287 g/mol. The first kappa shape index (κ1) is 14.5. The van der Waals surface area contributed by atoms with Crippen molar-refractivity contribution >= 4 is 5.91 Å². The van der Waals surface area contributed by atoms with Crippen molar-refractivity contribution in [1.82, 2.24) is 9.80 Å². The van der Waals surface area contributed by atoms with Crippen molar-refractivity contribution in [2.24, 2.45) is 5.73 Å². The van der Waals surface area contributed by atoms with Gasteiger partial charge < -0.3 is 15.5 Å². The maximum atomic E-state index is 13.0. The SMILES string of the molecule is CN1CCN(C(=O)C2CCCc3ccccc32)C(CN)C1. The summed E-state index contributed by atoms with van der Waals surface area (Å²) in [4.78, 5) is 17.3. The Balaban J connectivity index is 1.82. The van der Waals surface area contributed by atoms with Gasteiger partial charge in [0.05, 0.1) is 12.0 Å². The van der Waals surface area contributed by atoms with Gasteiger partial charge in [-0.15, -0.1) is 0 Å². The number of fused-ring (bicyclic) bond motifs is 1. The number of amides is 1. The number of hydrogen-bond acceptors (Lipinski definition) is 3. The molecule has 21 heavy (non-hydrogen) atoms. The van der Waals surface area contributed by atoms with E-state index in [1.165, 1.54) is 11.1 Å². The Bertz CT molecular complexity index is 517. The molecule has 2 unspecified atom stereocenters. The van der Waals surface area contributed by atoms with Crippen LogP contribution in [0.3, 0.4) is 0 Å². The molecule has 4 heteroatoms. The summed E-state index contributed by atoms with van der Waals surface area (Å²) in [6.07, 6.45) is 3.18. The van der Waals surface area contributed by atoms with Crippen LogP contribution < -0.4 is 5.73 Å². The molecule has 1 aromatic rings. The fourth-order valence-electron chi connectivity index (χ4n) is 3.71. The Morgan fingerprint density at radius 3 is 2.95 bits per heavy atom. The van der Waals surface area contributed by atoms with E-state index in [2.05, 4.69) is 36.2 Å². The van der Waals surface area contributed by atoms with Gasteiger partial charge in [0, 0.05) is 26.2 Å². The first-order valence-corrected chi connectivity index (χ1v) is 7.97. The van der Waals surface area contributed by atoms with Gasteiger partial charge in [-0.05, 0) is 37.4 Å². The maximum absolute atomic E-state index is 13.0. The summed E-state index contributed by atoms with van der Waals surface area (Å²) < 4.78 is 0. The van der Waals surface area contributed by atoms with Gasteiger partial charge in [-0.25, -0.2) is 0 Å². The van der Waals surface area contributed by atoms with E-state index >= 15 is 0 Å². The van der Waals surface area contributed by atoms with E-state index in [9.17, 15) is 4.79 Å². The van der Waals surface area contributed by atoms with Crippen molar-refractivity contribution in [2.75, 3.05) is 33.2 Å². The maximum Gasteiger partial charge on any atom is 0.230 e. The van der Waals surface area contributed by atoms with Gasteiger partial charge in [0.25, 0.3) is 0 Å². The average Bonchev–Trinajstić information content (AvgIpc) is 2.53. The number of rotatable bonds is 2. The summed E-state index contributed by atoms with van der Waals surface area (Å²) in [5, 5.41) is 0. The van der Waals surface area contributed by atoms with Crippen molar-refractivity contribution < 1.29 is 4.79 Å². The zero-order chi connectivity index (χ0) is 14.8. The Labute approximate surface area is 126 Å². The lowest BCUT2D eigenvalue weighted by atomic mass is 9.81. The van der Waals surface area contributed by atoms with Crippen LogP contribution in [-0.4, -0.2) is 55.0 Å². The number of carbonyl (C=O) groups excluding carboxylic acids is 1. The number of carbonyl (C=O) groups is 1. The number of nitrogens with two attached hydrogens (primary N) is 1. The van der Waals surface area contributed by atoms with Gasteiger partial charge in [0.1, 0.15) is 0 Å². The molecule has 1 saturated heterocycles. The first-order valence-electron chi connectivity index (χ1n) is 7.97. The summed E-state index contributed by atoms with van der Waals surface area (Å²) in [7, 11) is 2.10. The summed E-state index contributed by atoms with van der Waals surface area (Å²) in [6.45, 7) is 3.17. The Kier molecular flexibility index (Phi) is 4.27. The number of hydrogen-bond donors (Lipinski definition) is 1. The lowest BCUT2D eigenvalue weighted by Gasteiger charge is -2.41. The number of benzene rings is 1. The third kappa shape index (κ3) is 2.83. The van der Waals surface area contributed by atoms with Crippen molar-refractivity contribution in [3.05, 3.63) is 35.4 Å². The fraction of sp³-hybridized carbons (Fsp3) is 0.588. The summed E-state index contributed by atoms with van der Waals surface area (Å²) in [5.74, 6) is 0.318. The highest BCUT2D eigenvalue weighted by atomic mass is 16.2. The second-order valence-electron chi connectivity index (χ2n) is 6.33. The van der Waals surface area contributed by atoms with Gasteiger partial charge >= 0.3 is 0 Å². The summed E-state index contributed by atoms with van der Waals surface area (Å²) >= 11 is 0. The molecular formula is C17H25N3O. The van der Waals surface area contributed by atoms with Crippen LogP contribution in [0.5, 0.6) is 0 Å². The van der Waals surface area contributed by atoms with Crippen LogP contribution in [0.2, 0.25) is 0 Å². The minimum Gasteiger partial charge on any atom is -0.335 e. The van der Waals surface area contributed by atoms with Crippen LogP contribution in [0, 0.1) is 0 Å². The molecule has 0 bridgehead atoms.